The molecule has 3 heteroatoms. The first kappa shape index (κ1) is 15.4. The molecule has 0 aliphatic carbocycles. The largest absolute Gasteiger partial charge is 0.496 e. The van der Waals surface area contributed by atoms with Crippen molar-refractivity contribution in [3.05, 3.63) is 59.7 Å². The van der Waals surface area contributed by atoms with Crippen molar-refractivity contribution < 1.29 is 4.74 Å². The Bertz CT molecular complexity index is 569. The van der Waals surface area contributed by atoms with Gasteiger partial charge in [-0.1, -0.05) is 30.3 Å². The van der Waals surface area contributed by atoms with E-state index >= 15 is 0 Å². The maximum absolute atomic E-state index is 6.07. The average molecular weight is 284 g/mol. The standard InChI is InChI=1S/C18H24N2O/c1-4-20(16-8-6-5-7-9-16)17(13-19)15-10-11-18(21-3)14(2)12-15/h5-12,17H,4,13,19H2,1-3H3. The van der Waals surface area contributed by atoms with Crippen molar-refractivity contribution in [2.45, 2.75) is 19.9 Å². The third-order valence-corrected chi connectivity index (χ3v) is 3.83. The summed E-state index contributed by atoms with van der Waals surface area (Å²) < 4.78 is 5.34. The van der Waals surface area contributed by atoms with Crippen LogP contribution in [-0.2, 0) is 0 Å². The van der Waals surface area contributed by atoms with Gasteiger partial charge in [0.1, 0.15) is 5.75 Å². The number of anilines is 1. The van der Waals surface area contributed by atoms with E-state index in [1.54, 1.807) is 7.11 Å². The lowest BCUT2D eigenvalue weighted by molar-refractivity contribution is 0.411. The zero-order valence-corrected chi connectivity index (χ0v) is 13.0. The normalized spacial score (nSPS) is 12.0. The molecule has 112 valence electrons. The summed E-state index contributed by atoms with van der Waals surface area (Å²) in [6.07, 6.45) is 0. The van der Waals surface area contributed by atoms with E-state index in [1.807, 2.05) is 12.1 Å². The maximum Gasteiger partial charge on any atom is 0.121 e. The van der Waals surface area contributed by atoms with Gasteiger partial charge >= 0.3 is 0 Å². The van der Waals surface area contributed by atoms with Crippen molar-refractivity contribution in [2.75, 3.05) is 25.1 Å². The number of likely N-dealkylation sites (N-methyl/N-ethyl adjacent to an activating group) is 1. The molecule has 2 aromatic rings. The van der Waals surface area contributed by atoms with Crippen LogP contribution in [0.15, 0.2) is 48.5 Å². The van der Waals surface area contributed by atoms with Gasteiger partial charge in [-0.2, -0.15) is 0 Å². The Kier molecular flexibility index (Phi) is 5.23. The second-order valence-electron chi connectivity index (χ2n) is 5.10. The molecule has 2 rings (SSSR count). The van der Waals surface area contributed by atoms with Crippen LogP contribution in [0.1, 0.15) is 24.1 Å². The average Bonchev–Trinajstić information content (AvgIpc) is 2.53. The quantitative estimate of drug-likeness (QED) is 0.882. The second-order valence-corrected chi connectivity index (χ2v) is 5.10. The van der Waals surface area contributed by atoms with Gasteiger partial charge < -0.3 is 15.4 Å². The Hall–Kier alpha value is -2.00. The topological polar surface area (TPSA) is 38.5 Å². The van der Waals surface area contributed by atoms with Crippen LogP contribution >= 0.6 is 0 Å². The molecule has 0 fully saturated rings. The Balaban J connectivity index is 2.35. The molecule has 0 saturated carbocycles. The summed E-state index contributed by atoms with van der Waals surface area (Å²) in [5, 5.41) is 0. The fourth-order valence-electron chi connectivity index (χ4n) is 2.75. The molecule has 0 aromatic heterocycles. The Morgan fingerprint density at radius 2 is 1.86 bits per heavy atom. The molecule has 1 atom stereocenters. The van der Waals surface area contributed by atoms with Crippen molar-refractivity contribution >= 4 is 5.69 Å². The lowest BCUT2D eigenvalue weighted by Crippen LogP contribution is -2.33. The van der Waals surface area contributed by atoms with Gasteiger partial charge in [0.15, 0.2) is 0 Å². The van der Waals surface area contributed by atoms with Gasteiger partial charge in [-0.15, -0.1) is 0 Å². The smallest absolute Gasteiger partial charge is 0.121 e. The summed E-state index contributed by atoms with van der Waals surface area (Å²) in [4.78, 5) is 2.33. The van der Waals surface area contributed by atoms with Crippen LogP contribution < -0.4 is 15.4 Å². The number of ether oxygens (including phenoxy) is 1. The summed E-state index contributed by atoms with van der Waals surface area (Å²) in [7, 11) is 1.70. The van der Waals surface area contributed by atoms with E-state index < -0.39 is 0 Å². The fourth-order valence-corrected chi connectivity index (χ4v) is 2.75. The van der Waals surface area contributed by atoms with Gasteiger partial charge in [-0.25, -0.2) is 0 Å². The van der Waals surface area contributed by atoms with Crippen LogP contribution in [0.2, 0.25) is 0 Å². The number of hydrogen-bond acceptors (Lipinski definition) is 3. The zero-order valence-electron chi connectivity index (χ0n) is 13.0. The van der Waals surface area contributed by atoms with E-state index in [1.165, 1.54) is 11.3 Å². The van der Waals surface area contributed by atoms with Gasteiger partial charge in [-0.05, 0) is 43.2 Å². The molecule has 2 N–H and O–H groups in total. The molecular formula is C18H24N2O. The van der Waals surface area contributed by atoms with Crippen molar-refractivity contribution in [2.24, 2.45) is 5.73 Å². The van der Waals surface area contributed by atoms with Gasteiger partial charge in [0.05, 0.1) is 13.2 Å². The van der Waals surface area contributed by atoms with Crippen molar-refractivity contribution in [3.63, 3.8) is 0 Å². The van der Waals surface area contributed by atoms with Crippen LogP contribution in [0.4, 0.5) is 5.69 Å². The molecule has 0 aliphatic heterocycles. The SMILES string of the molecule is CCN(c1ccccc1)C(CN)c1ccc(OC)c(C)c1. The summed E-state index contributed by atoms with van der Waals surface area (Å²) >= 11 is 0. The minimum absolute atomic E-state index is 0.169. The van der Waals surface area contributed by atoms with Crippen molar-refractivity contribution in [1.82, 2.24) is 0 Å². The number of para-hydroxylation sites is 1. The summed E-state index contributed by atoms with van der Waals surface area (Å²) in [5.41, 5.74) is 9.62. The molecule has 1 unspecified atom stereocenters. The minimum atomic E-state index is 0.169. The Morgan fingerprint density at radius 3 is 2.38 bits per heavy atom. The zero-order chi connectivity index (χ0) is 15.2. The van der Waals surface area contributed by atoms with E-state index in [-0.39, 0.29) is 6.04 Å². The van der Waals surface area contributed by atoms with E-state index in [0.29, 0.717) is 6.54 Å². The van der Waals surface area contributed by atoms with Crippen LogP contribution in [-0.4, -0.2) is 20.2 Å². The van der Waals surface area contributed by atoms with Crippen LogP contribution in [0.5, 0.6) is 5.75 Å². The molecule has 2 aromatic carbocycles. The first-order chi connectivity index (χ1) is 10.2. The highest BCUT2D eigenvalue weighted by Crippen LogP contribution is 2.29. The Labute approximate surface area is 127 Å². The van der Waals surface area contributed by atoms with E-state index in [4.69, 9.17) is 10.5 Å². The Morgan fingerprint density at radius 1 is 1.14 bits per heavy atom. The molecular weight excluding hydrogens is 260 g/mol. The molecule has 0 bridgehead atoms. The van der Waals surface area contributed by atoms with Gasteiger partial charge in [0.2, 0.25) is 0 Å². The highest BCUT2D eigenvalue weighted by atomic mass is 16.5. The first-order valence-corrected chi connectivity index (χ1v) is 7.37. The van der Waals surface area contributed by atoms with Crippen LogP contribution in [0.3, 0.4) is 0 Å². The van der Waals surface area contributed by atoms with Gasteiger partial charge in [0, 0.05) is 18.8 Å². The van der Waals surface area contributed by atoms with E-state index in [0.717, 1.165) is 17.9 Å². The number of nitrogens with zero attached hydrogens (tertiary/aromatic N) is 1. The molecule has 21 heavy (non-hydrogen) atoms. The number of benzene rings is 2. The molecule has 0 amide bonds. The highest BCUT2D eigenvalue weighted by Gasteiger charge is 2.18. The van der Waals surface area contributed by atoms with E-state index in [9.17, 15) is 0 Å². The van der Waals surface area contributed by atoms with Crippen LogP contribution in [0, 0.1) is 6.92 Å². The predicted molar refractivity (Wildman–Crippen MR) is 89.0 cm³/mol. The monoisotopic (exact) mass is 284 g/mol. The van der Waals surface area contributed by atoms with E-state index in [2.05, 4.69) is 55.1 Å². The molecule has 0 aliphatic rings. The summed E-state index contributed by atoms with van der Waals surface area (Å²) in [6.45, 7) is 5.71. The predicted octanol–water partition coefficient (Wildman–Crippen LogP) is 3.53. The lowest BCUT2D eigenvalue weighted by atomic mass is 10.0. The number of aryl methyl sites for hydroxylation is 1. The summed E-state index contributed by atoms with van der Waals surface area (Å²) in [6, 6.07) is 16.9. The number of methoxy groups -OCH3 is 1. The first-order valence-electron chi connectivity index (χ1n) is 7.37. The lowest BCUT2D eigenvalue weighted by Gasteiger charge is -2.32. The third-order valence-electron chi connectivity index (χ3n) is 3.83. The van der Waals surface area contributed by atoms with Gasteiger partial charge in [0.25, 0.3) is 0 Å². The summed E-state index contributed by atoms with van der Waals surface area (Å²) in [5.74, 6) is 0.914. The maximum atomic E-state index is 6.07. The second kappa shape index (κ2) is 7.14. The minimum Gasteiger partial charge on any atom is -0.496 e. The van der Waals surface area contributed by atoms with Crippen LogP contribution in [0.25, 0.3) is 0 Å². The van der Waals surface area contributed by atoms with Crippen molar-refractivity contribution in [1.29, 1.82) is 0 Å². The van der Waals surface area contributed by atoms with Gasteiger partial charge in [-0.3, -0.25) is 0 Å². The molecule has 3 nitrogen and oxygen atoms in total. The molecule has 0 saturated heterocycles. The number of hydrogen-bond donors (Lipinski definition) is 1. The number of rotatable bonds is 6. The highest BCUT2D eigenvalue weighted by molar-refractivity contribution is 5.50. The fraction of sp³-hybridized carbons (Fsp3) is 0.333. The number of nitrogens with two attached hydrogens (primary N) is 1. The molecule has 0 spiro atoms. The molecule has 0 radical (unpaired) electrons. The molecule has 0 heterocycles. The third kappa shape index (κ3) is 3.37. The van der Waals surface area contributed by atoms with Crippen molar-refractivity contribution in [3.8, 4) is 5.75 Å².